The summed E-state index contributed by atoms with van der Waals surface area (Å²) >= 11 is 0. The van der Waals surface area contributed by atoms with Crippen molar-refractivity contribution in [2.45, 2.75) is 58.7 Å². The summed E-state index contributed by atoms with van der Waals surface area (Å²) in [5.74, 6) is 2.66. The fraction of sp³-hybridized carbons (Fsp3) is 0.667. The van der Waals surface area contributed by atoms with Crippen molar-refractivity contribution in [3.8, 4) is 0 Å². The fourth-order valence-electron chi connectivity index (χ4n) is 3.27. The van der Waals surface area contributed by atoms with Gasteiger partial charge in [-0.2, -0.15) is 10.2 Å². The van der Waals surface area contributed by atoms with E-state index in [9.17, 15) is 0 Å². The van der Waals surface area contributed by atoms with Gasteiger partial charge in [-0.3, -0.25) is 10.1 Å². The van der Waals surface area contributed by atoms with Gasteiger partial charge in [-0.25, -0.2) is 9.67 Å². The molecule has 0 fully saturated rings. The number of hydrogen-bond donors (Lipinski definition) is 3. The first-order valence-electron chi connectivity index (χ1n) is 9.64. The Bertz CT molecular complexity index is 750. The number of H-pyrrole nitrogens is 1. The summed E-state index contributed by atoms with van der Waals surface area (Å²) in [4.78, 5) is 9.25. The topological polar surface area (TPSA) is 105 Å². The molecule has 1 aliphatic rings. The van der Waals surface area contributed by atoms with Crippen LogP contribution >= 0.6 is 0 Å². The molecule has 1 unspecified atom stereocenters. The Labute approximate surface area is 160 Å². The zero-order chi connectivity index (χ0) is 19.1. The number of aliphatic imine (C=N–C) groups is 1. The maximum atomic E-state index is 5.13. The first-order valence-corrected chi connectivity index (χ1v) is 9.64. The van der Waals surface area contributed by atoms with E-state index in [4.69, 9.17) is 9.73 Å². The van der Waals surface area contributed by atoms with Gasteiger partial charge in [-0.05, 0) is 38.7 Å². The molecule has 148 valence electrons. The lowest BCUT2D eigenvalue weighted by molar-refractivity contribution is 0.177. The minimum absolute atomic E-state index is 0.295. The highest BCUT2D eigenvalue weighted by Gasteiger charge is 2.22. The van der Waals surface area contributed by atoms with E-state index in [1.54, 1.807) is 7.11 Å². The predicted octanol–water partition coefficient (Wildman–Crippen LogP) is 0.959. The molecule has 0 saturated carbocycles. The van der Waals surface area contributed by atoms with Crippen LogP contribution in [0.2, 0.25) is 0 Å². The average molecular weight is 374 g/mol. The second kappa shape index (κ2) is 9.50. The predicted molar refractivity (Wildman–Crippen MR) is 104 cm³/mol. The van der Waals surface area contributed by atoms with Crippen molar-refractivity contribution >= 4 is 5.96 Å². The number of ether oxygens (including phenoxy) is 1. The molecule has 2 aromatic heterocycles. The molecule has 9 nitrogen and oxygen atoms in total. The fourth-order valence-corrected chi connectivity index (χ4v) is 3.27. The van der Waals surface area contributed by atoms with Crippen LogP contribution in [0.25, 0.3) is 0 Å². The molecule has 3 heterocycles. The van der Waals surface area contributed by atoms with Gasteiger partial charge in [-0.1, -0.05) is 0 Å². The molecule has 0 amide bonds. The number of nitrogens with zero attached hydrogens (tertiary/aromatic N) is 5. The van der Waals surface area contributed by atoms with Crippen molar-refractivity contribution in [1.82, 2.24) is 35.6 Å². The van der Waals surface area contributed by atoms with E-state index in [0.29, 0.717) is 12.6 Å². The Morgan fingerprint density at radius 2 is 2.37 bits per heavy atom. The van der Waals surface area contributed by atoms with E-state index in [2.05, 4.69) is 44.8 Å². The summed E-state index contributed by atoms with van der Waals surface area (Å²) in [5, 5.41) is 18.5. The molecule has 0 bridgehead atoms. The zero-order valence-corrected chi connectivity index (χ0v) is 16.5. The van der Waals surface area contributed by atoms with Gasteiger partial charge in [0.1, 0.15) is 12.4 Å². The number of aromatic amines is 1. The van der Waals surface area contributed by atoms with Crippen molar-refractivity contribution in [3.63, 3.8) is 0 Å². The van der Waals surface area contributed by atoms with E-state index >= 15 is 0 Å². The average Bonchev–Trinajstić information content (AvgIpc) is 3.24. The largest absolute Gasteiger partial charge is 0.377 e. The number of methoxy groups -OCH3 is 1. The monoisotopic (exact) mass is 374 g/mol. The van der Waals surface area contributed by atoms with Crippen molar-refractivity contribution < 1.29 is 4.74 Å². The molecule has 2 aromatic rings. The Kier molecular flexibility index (Phi) is 6.80. The minimum atomic E-state index is 0.295. The Morgan fingerprint density at radius 1 is 1.48 bits per heavy atom. The summed E-state index contributed by atoms with van der Waals surface area (Å²) < 4.78 is 7.12. The molecular formula is C18H30N8O. The number of nitrogens with one attached hydrogen (secondary N) is 3. The lowest BCUT2D eigenvalue weighted by Gasteiger charge is -2.25. The number of fused-ring (bicyclic) bond motifs is 1. The molecule has 9 heteroatoms. The van der Waals surface area contributed by atoms with E-state index in [-0.39, 0.29) is 0 Å². The first kappa shape index (κ1) is 19.3. The third kappa shape index (κ3) is 5.29. The Hall–Kier alpha value is -2.42. The van der Waals surface area contributed by atoms with Gasteiger partial charge in [0.15, 0.2) is 11.8 Å². The summed E-state index contributed by atoms with van der Waals surface area (Å²) in [6.07, 6.45) is 5.81. The number of rotatable bonds is 8. The Balaban J connectivity index is 1.51. The quantitative estimate of drug-likeness (QED) is 0.361. The number of aromatic nitrogens is 5. The van der Waals surface area contributed by atoms with Crippen LogP contribution in [0.3, 0.4) is 0 Å². The Morgan fingerprint density at radius 3 is 3.11 bits per heavy atom. The van der Waals surface area contributed by atoms with Crippen LogP contribution in [0.5, 0.6) is 0 Å². The van der Waals surface area contributed by atoms with Crippen molar-refractivity contribution in [3.05, 3.63) is 29.1 Å². The van der Waals surface area contributed by atoms with Gasteiger partial charge < -0.3 is 15.4 Å². The SMILES string of the molecule is CCNC(=NCCCc1cn[nH]c1C)NC1CCc2nc(COC)nn2C1. The summed E-state index contributed by atoms with van der Waals surface area (Å²) in [7, 11) is 1.66. The van der Waals surface area contributed by atoms with E-state index in [0.717, 1.165) is 68.6 Å². The standard InChI is InChI=1S/C18H30N8O/c1-4-19-18(20-9-5-6-14-10-21-24-13(14)2)22-15-7-8-17-23-16(12-27-3)25-26(17)11-15/h10,15H,4-9,11-12H2,1-3H3,(H,21,24)(H2,19,20,22). The van der Waals surface area contributed by atoms with Crippen molar-refractivity contribution in [2.75, 3.05) is 20.2 Å². The van der Waals surface area contributed by atoms with Gasteiger partial charge in [-0.15, -0.1) is 0 Å². The smallest absolute Gasteiger partial charge is 0.191 e. The molecule has 27 heavy (non-hydrogen) atoms. The van der Waals surface area contributed by atoms with Gasteiger partial charge >= 0.3 is 0 Å². The van der Waals surface area contributed by atoms with Crippen LogP contribution in [-0.2, 0) is 30.7 Å². The molecular weight excluding hydrogens is 344 g/mol. The van der Waals surface area contributed by atoms with Crippen LogP contribution in [0.15, 0.2) is 11.2 Å². The first-order chi connectivity index (χ1) is 13.2. The molecule has 3 rings (SSSR count). The van der Waals surface area contributed by atoms with Crippen molar-refractivity contribution in [2.24, 2.45) is 4.99 Å². The van der Waals surface area contributed by atoms with Crippen LogP contribution in [-0.4, -0.2) is 57.2 Å². The van der Waals surface area contributed by atoms with Crippen LogP contribution in [0.4, 0.5) is 0 Å². The summed E-state index contributed by atoms with van der Waals surface area (Å²) in [5.41, 5.74) is 2.41. The lowest BCUT2D eigenvalue weighted by Crippen LogP contribution is -2.47. The zero-order valence-electron chi connectivity index (χ0n) is 16.5. The molecule has 1 aliphatic heterocycles. The van der Waals surface area contributed by atoms with Crippen molar-refractivity contribution in [1.29, 1.82) is 0 Å². The second-order valence-electron chi connectivity index (χ2n) is 6.82. The maximum Gasteiger partial charge on any atom is 0.191 e. The van der Waals surface area contributed by atoms with E-state index < -0.39 is 0 Å². The number of aryl methyl sites for hydroxylation is 3. The van der Waals surface area contributed by atoms with Gasteiger partial charge in [0.2, 0.25) is 0 Å². The normalized spacial score (nSPS) is 17.0. The van der Waals surface area contributed by atoms with Crippen LogP contribution < -0.4 is 10.6 Å². The van der Waals surface area contributed by atoms with Gasteiger partial charge in [0.25, 0.3) is 0 Å². The third-order valence-electron chi connectivity index (χ3n) is 4.67. The number of guanidine groups is 1. The lowest BCUT2D eigenvalue weighted by atomic mass is 10.1. The molecule has 0 aliphatic carbocycles. The summed E-state index contributed by atoms with van der Waals surface area (Å²) in [6.45, 7) is 7.00. The highest BCUT2D eigenvalue weighted by atomic mass is 16.5. The molecule has 3 N–H and O–H groups in total. The molecule has 0 spiro atoms. The highest BCUT2D eigenvalue weighted by molar-refractivity contribution is 5.80. The minimum Gasteiger partial charge on any atom is -0.377 e. The van der Waals surface area contributed by atoms with Crippen LogP contribution in [0, 0.1) is 6.92 Å². The van der Waals surface area contributed by atoms with E-state index in [1.165, 1.54) is 5.56 Å². The van der Waals surface area contributed by atoms with Gasteiger partial charge in [0, 0.05) is 38.4 Å². The molecule has 0 radical (unpaired) electrons. The maximum absolute atomic E-state index is 5.13. The molecule has 1 atom stereocenters. The molecule has 0 aromatic carbocycles. The molecule has 0 saturated heterocycles. The number of hydrogen-bond acceptors (Lipinski definition) is 5. The van der Waals surface area contributed by atoms with E-state index in [1.807, 2.05) is 10.9 Å². The van der Waals surface area contributed by atoms with Gasteiger partial charge in [0.05, 0.1) is 12.7 Å². The second-order valence-corrected chi connectivity index (χ2v) is 6.82. The summed E-state index contributed by atoms with van der Waals surface area (Å²) in [6, 6.07) is 0.295. The third-order valence-corrected chi connectivity index (χ3v) is 4.67. The van der Waals surface area contributed by atoms with Crippen LogP contribution in [0.1, 0.15) is 42.7 Å². The highest BCUT2D eigenvalue weighted by Crippen LogP contribution is 2.13.